The Balaban J connectivity index is 1.52. The van der Waals surface area contributed by atoms with Crippen molar-refractivity contribution in [1.82, 2.24) is 4.98 Å². The maximum atomic E-state index is 5.07. The highest BCUT2D eigenvalue weighted by atomic mass is 28.3. The van der Waals surface area contributed by atoms with Gasteiger partial charge in [0.15, 0.2) is 0 Å². The summed E-state index contributed by atoms with van der Waals surface area (Å²) in [6.07, 6.45) is 1.93. The van der Waals surface area contributed by atoms with E-state index in [2.05, 4.69) is 145 Å². The minimum Gasteiger partial charge on any atom is -0.309 e. The molecule has 0 atom stereocenters. The van der Waals surface area contributed by atoms with Crippen LogP contribution in [0.5, 0.6) is 0 Å². The van der Waals surface area contributed by atoms with E-state index in [1.165, 1.54) is 60.1 Å². The van der Waals surface area contributed by atoms with Gasteiger partial charge in [-0.25, -0.2) is 0 Å². The smallest absolute Gasteiger partial charge is 0.117 e. The third-order valence-corrected chi connectivity index (χ3v) is 12.2. The van der Waals surface area contributed by atoms with Gasteiger partial charge in [0.1, 0.15) is 8.07 Å². The van der Waals surface area contributed by atoms with E-state index in [9.17, 15) is 0 Å². The van der Waals surface area contributed by atoms with Gasteiger partial charge in [-0.15, -0.1) is 0 Å². The topological polar surface area (TPSA) is 16.1 Å². The highest BCUT2D eigenvalue weighted by Crippen LogP contribution is 2.48. The van der Waals surface area contributed by atoms with Crippen LogP contribution in [0.1, 0.15) is 0 Å². The van der Waals surface area contributed by atoms with Crippen LogP contribution in [-0.2, 0) is 0 Å². The number of fused-ring (bicyclic) bond motifs is 5. The number of benzene rings is 6. The van der Waals surface area contributed by atoms with Crippen LogP contribution in [-0.4, -0.2) is 13.1 Å². The van der Waals surface area contributed by atoms with Gasteiger partial charge in [-0.3, -0.25) is 4.98 Å². The first-order valence-corrected chi connectivity index (χ1v) is 16.9. The van der Waals surface area contributed by atoms with Crippen molar-refractivity contribution in [3.8, 4) is 11.1 Å². The Labute approximate surface area is 235 Å². The molecule has 0 N–H and O–H groups in total. The average Bonchev–Trinajstić information content (AvgIpc) is 3.01. The van der Waals surface area contributed by atoms with E-state index >= 15 is 0 Å². The zero-order chi connectivity index (χ0) is 26.8. The Hall–Kier alpha value is -4.73. The van der Waals surface area contributed by atoms with Crippen LogP contribution in [0.25, 0.3) is 43.6 Å². The van der Waals surface area contributed by atoms with Crippen molar-refractivity contribution >= 4 is 68.0 Å². The third-order valence-electron chi connectivity index (χ3n) is 8.65. The molecule has 1 aliphatic heterocycles. The zero-order valence-electron chi connectivity index (χ0n) is 22.6. The summed E-state index contributed by atoms with van der Waals surface area (Å²) in [6.45, 7) is 4.95. The molecule has 0 bridgehead atoms. The van der Waals surface area contributed by atoms with Crippen molar-refractivity contribution in [3.63, 3.8) is 0 Å². The van der Waals surface area contributed by atoms with Crippen LogP contribution in [0, 0.1) is 0 Å². The second-order valence-corrected chi connectivity index (χ2v) is 15.6. The lowest BCUT2D eigenvalue weighted by molar-refractivity contribution is 1.30. The van der Waals surface area contributed by atoms with Gasteiger partial charge in [0.05, 0.1) is 11.2 Å². The third kappa shape index (κ3) is 3.25. The highest BCUT2D eigenvalue weighted by molar-refractivity contribution is 7.02. The number of pyridine rings is 1. The summed E-state index contributed by atoms with van der Waals surface area (Å²) >= 11 is 0. The van der Waals surface area contributed by atoms with Crippen molar-refractivity contribution in [1.29, 1.82) is 0 Å². The molecule has 0 saturated heterocycles. The van der Waals surface area contributed by atoms with E-state index in [0.29, 0.717) is 0 Å². The van der Waals surface area contributed by atoms with Crippen LogP contribution in [0.4, 0.5) is 17.1 Å². The van der Waals surface area contributed by atoms with E-state index in [0.717, 1.165) is 10.9 Å². The van der Waals surface area contributed by atoms with E-state index < -0.39 is 8.07 Å². The van der Waals surface area contributed by atoms with Gasteiger partial charge in [-0.05, 0) is 62.4 Å². The van der Waals surface area contributed by atoms with Gasteiger partial charge in [-0.2, -0.15) is 0 Å². The summed E-state index contributed by atoms with van der Waals surface area (Å²) in [5, 5.41) is 9.03. The van der Waals surface area contributed by atoms with E-state index in [4.69, 9.17) is 4.98 Å². The fourth-order valence-corrected chi connectivity index (χ4v) is 9.75. The normalized spacial score (nSPS) is 13.9. The molecule has 0 aliphatic carbocycles. The largest absolute Gasteiger partial charge is 0.309 e. The average molecular weight is 529 g/mol. The molecule has 0 amide bonds. The number of anilines is 3. The summed E-state index contributed by atoms with van der Waals surface area (Å²) in [4.78, 5) is 7.58. The molecule has 0 fully saturated rings. The summed E-state index contributed by atoms with van der Waals surface area (Å²) in [7, 11) is -1.89. The van der Waals surface area contributed by atoms with Crippen LogP contribution < -0.4 is 15.3 Å². The number of hydrogen-bond acceptors (Lipinski definition) is 2. The summed E-state index contributed by atoms with van der Waals surface area (Å²) < 4.78 is 0. The lowest BCUT2D eigenvalue weighted by Crippen LogP contribution is -2.58. The van der Waals surface area contributed by atoms with Crippen LogP contribution in [0.15, 0.2) is 134 Å². The molecule has 7 aromatic rings. The Morgan fingerprint density at radius 1 is 0.550 bits per heavy atom. The molecule has 0 unspecified atom stereocenters. The second-order valence-electron chi connectivity index (χ2n) is 11.2. The number of para-hydroxylation sites is 2. The number of hydrogen-bond donors (Lipinski definition) is 0. The minimum absolute atomic E-state index is 1.03. The van der Waals surface area contributed by atoms with E-state index in [1.807, 2.05) is 6.20 Å². The quantitative estimate of drug-likeness (QED) is 0.165. The SMILES string of the molecule is C[Si]1(C)c2ccccc2N(c2c3ccccc3c(-c3ccc4ccccc4c3)c3ncccc23)c2ccccc21. The summed E-state index contributed by atoms with van der Waals surface area (Å²) in [6, 6.07) is 46.6. The minimum atomic E-state index is -1.89. The molecule has 3 heteroatoms. The first-order chi connectivity index (χ1) is 19.6. The van der Waals surface area contributed by atoms with Crippen molar-refractivity contribution in [2.45, 2.75) is 13.1 Å². The Morgan fingerprint density at radius 2 is 1.15 bits per heavy atom. The Bertz CT molecular complexity index is 2000. The predicted octanol–water partition coefficient (Wildman–Crippen LogP) is 8.81. The van der Waals surface area contributed by atoms with Crippen molar-refractivity contribution in [2.75, 3.05) is 4.90 Å². The van der Waals surface area contributed by atoms with E-state index in [1.54, 1.807) is 0 Å². The maximum absolute atomic E-state index is 5.07. The monoisotopic (exact) mass is 528 g/mol. The molecule has 8 rings (SSSR count). The first kappa shape index (κ1) is 23.2. The molecule has 0 radical (unpaired) electrons. The van der Waals surface area contributed by atoms with Crippen LogP contribution >= 0.6 is 0 Å². The zero-order valence-corrected chi connectivity index (χ0v) is 23.6. The molecule has 190 valence electrons. The number of rotatable bonds is 2. The fourth-order valence-electron chi connectivity index (χ4n) is 6.76. The Kier molecular flexibility index (Phi) is 5.00. The predicted molar refractivity (Wildman–Crippen MR) is 174 cm³/mol. The Morgan fingerprint density at radius 3 is 1.90 bits per heavy atom. The summed E-state index contributed by atoms with van der Waals surface area (Å²) in [5.74, 6) is 0. The molecule has 2 nitrogen and oxygen atoms in total. The standard InChI is InChI=1S/C37H28N2Si/c1-40(2)33-19-9-7-17-31(33)39(32-18-8-10-20-34(32)40)37-29-15-6-5-14-28(29)35(36-30(37)16-11-23-38-36)27-22-21-25-12-3-4-13-26(25)24-27/h3-24H,1-2H3. The van der Waals surface area contributed by atoms with Crippen molar-refractivity contribution in [3.05, 3.63) is 134 Å². The molecular formula is C37H28N2Si. The molecule has 0 saturated carbocycles. The molecular weight excluding hydrogens is 501 g/mol. The van der Waals surface area contributed by atoms with Gasteiger partial charge in [0, 0.05) is 33.9 Å². The van der Waals surface area contributed by atoms with Crippen molar-refractivity contribution < 1.29 is 0 Å². The lowest BCUT2D eigenvalue weighted by atomic mass is 9.91. The summed E-state index contributed by atoms with van der Waals surface area (Å²) in [5.41, 5.74) is 7.18. The second kappa shape index (κ2) is 8.64. The van der Waals surface area contributed by atoms with E-state index in [-0.39, 0.29) is 0 Å². The van der Waals surface area contributed by atoms with Gasteiger partial charge >= 0.3 is 0 Å². The molecule has 0 spiro atoms. The van der Waals surface area contributed by atoms with Crippen LogP contribution in [0.2, 0.25) is 13.1 Å². The molecule has 2 heterocycles. The molecule has 1 aromatic heterocycles. The van der Waals surface area contributed by atoms with Gasteiger partial charge in [-0.1, -0.05) is 110 Å². The van der Waals surface area contributed by atoms with Gasteiger partial charge in [0.2, 0.25) is 0 Å². The molecule has 6 aromatic carbocycles. The lowest BCUT2D eigenvalue weighted by Gasteiger charge is -2.41. The number of nitrogens with zero attached hydrogens (tertiary/aromatic N) is 2. The molecule has 40 heavy (non-hydrogen) atoms. The number of aromatic nitrogens is 1. The fraction of sp³-hybridized carbons (Fsp3) is 0.0541. The first-order valence-electron chi connectivity index (χ1n) is 13.9. The molecule has 1 aliphatic rings. The van der Waals surface area contributed by atoms with Crippen LogP contribution in [0.3, 0.4) is 0 Å². The van der Waals surface area contributed by atoms with Crippen molar-refractivity contribution in [2.24, 2.45) is 0 Å². The van der Waals surface area contributed by atoms with Gasteiger partial charge in [0.25, 0.3) is 0 Å². The maximum Gasteiger partial charge on any atom is 0.117 e. The highest BCUT2D eigenvalue weighted by Gasteiger charge is 2.39. The van der Waals surface area contributed by atoms with Gasteiger partial charge < -0.3 is 4.90 Å².